The monoisotopic (exact) mass is 470 g/mol. The number of piperidine rings is 1. The molecule has 2 aromatic heterocycles. The molecule has 1 aliphatic heterocycles. The molecule has 0 radical (unpaired) electrons. The summed E-state index contributed by atoms with van der Waals surface area (Å²) in [6.07, 6.45) is 0.651. The van der Waals surface area contributed by atoms with Crippen LogP contribution in [0.4, 0.5) is 13.2 Å². The molecule has 1 amide bonds. The molecule has 1 aromatic carbocycles. The number of carbonyl (C=O) groups excluding carboxylic acids is 1. The van der Waals surface area contributed by atoms with Gasteiger partial charge in [0.25, 0.3) is 5.91 Å². The first-order valence-corrected chi connectivity index (χ1v) is 10.8. The molecule has 1 saturated carbocycles. The Hall–Kier alpha value is -3.69. The van der Waals surface area contributed by atoms with Crippen LogP contribution in [0.15, 0.2) is 55.0 Å². The number of halogens is 3. The highest BCUT2D eigenvalue weighted by Crippen LogP contribution is 2.41. The molecule has 2 fully saturated rings. The summed E-state index contributed by atoms with van der Waals surface area (Å²) >= 11 is 0. The van der Waals surface area contributed by atoms with Gasteiger partial charge in [0.05, 0.1) is 24.3 Å². The number of alkyl halides is 3. The van der Waals surface area contributed by atoms with Crippen molar-refractivity contribution in [3.63, 3.8) is 0 Å². The van der Waals surface area contributed by atoms with Crippen molar-refractivity contribution in [1.29, 1.82) is 0 Å². The molecule has 3 heterocycles. The van der Waals surface area contributed by atoms with Crippen molar-refractivity contribution in [3.8, 4) is 23.0 Å². The van der Waals surface area contributed by atoms with Crippen molar-refractivity contribution in [2.24, 2.45) is 5.92 Å². The van der Waals surface area contributed by atoms with E-state index in [2.05, 4.69) is 15.0 Å². The van der Waals surface area contributed by atoms with Gasteiger partial charge in [-0.1, -0.05) is 0 Å². The van der Waals surface area contributed by atoms with Gasteiger partial charge in [-0.2, -0.15) is 13.2 Å². The Balaban J connectivity index is 1.38. The van der Waals surface area contributed by atoms with Gasteiger partial charge in [-0.25, -0.2) is 15.0 Å². The van der Waals surface area contributed by atoms with E-state index in [-0.39, 0.29) is 29.9 Å². The number of likely N-dealkylation sites (tertiary alicyclic amines) is 1. The van der Waals surface area contributed by atoms with E-state index in [1.807, 2.05) is 0 Å². The first kappa shape index (κ1) is 22.1. The fourth-order valence-corrected chi connectivity index (χ4v) is 4.71. The summed E-state index contributed by atoms with van der Waals surface area (Å²) in [5, 5.41) is 0. The Morgan fingerprint density at radius 2 is 1.88 bits per heavy atom. The van der Waals surface area contributed by atoms with Gasteiger partial charge in [0.1, 0.15) is 11.9 Å². The molecule has 2 aliphatic rings. The smallest absolute Gasteiger partial charge is 0.417 e. The van der Waals surface area contributed by atoms with E-state index in [9.17, 15) is 18.0 Å². The van der Waals surface area contributed by atoms with Gasteiger partial charge in [-0.15, -0.1) is 0 Å². The second-order valence-electron chi connectivity index (χ2n) is 8.39. The van der Waals surface area contributed by atoms with Gasteiger partial charge in [0, 0.05) is 36.8 Å². The summed E-state index contributed by atoms with van der Waals surface area (Å²) < 4.78 is 49.7. The molecule has 0 N–H and O–H groups in total. The van der Waals surface area contributed by atoms with Crippen molar-refractivity contribution in [1.82, 2.24) is 19.9 Å². The Bertz CT molecular complexity index is 1190. The largest absolute Gasteiger partial charge is 0.497 e. The minimum absolute atomic E-state index is 0.112. The van der Waals surface area contributed by atoms with Crippen LogP contribution < -0.4 is 9.47 Å². The zero-order valence-corrected chi connectivity index (χ0v) is 18.2. The number of fused-ring (bicyclic) bond motifs is 2. The van der Waals surface area contributed by atoms with Crippen LogP contribution in [0.2, 0.25) is 0 Å². The van der Waals surface area contributed by atoms with E-state index in [1.165, 1.54) is 6.07 Å². The van der Waals surface area contributed by atoms with E-state index in [1.54, 1.807) is 48.7 Å². The van der Waals surface area contributed by atoms with Crippen molar-refractivity contribution >= 4 is 5.91 Å². The van der Waals surface area contributed by atoms with Gasteiger partial charge in [-0.05, 0) is 49.1 Å². The van der Waals surface area contributed by atoms with Crippen LogP contribution in [0.5, 0.6) is 11.6 Å². The Labute approximate surface area is 193 Å². The van der Waals surface area contributed by atoms with Crippen molar-refractivity contribution < 1.29 is 27.4 Å². The standard InChI is InChI=1S/C24H21F3N4O3/c1-33-16-4-5-17(18(11-16)22-28-7-2-8-29-22)23(32)31-13-14-9-19(31)20(10-14)34-21-6-3-15(12-30-21)24(25,26)27/h2-8,11-12,14,19-20H,9-10,13H2,1H3/t14-,19+,20-/m1/s1. The summed E-state index contributed by atoms with van der Waals surface area (Å²) in [4.78, 5) is 27.8. The molecule has 176 valence electrons. The Morgan fingerprint density at radius 1 is 1.09 bits per heavy atom. The topological polar surface area (TPSA) is 77.4 Å². The van der Waals surface area contributed by atoms with E-state index < -0.39 is 11.7 Å². The third-order valence-electron chi connectivity index (χ3n) is 6.29. The molecule has 5 rings (SSSR count). The summed E-state index contributed by atoms with van der Waals surface area (Å²) in [6.45, 7) is 0.588. The van der Waals surface area contributed by atoms with Crippen LogP contribution in [0.25, 0.3) is 11.4 Å². The number of benzene rings is 1. The highest BCUT2D eigenvalue weighted by atomic mass is 19.4. The van der Waals surface area contributed by atoms with Crippen molar-refractivity contribution in [2.75, 3.05) is 13.7 Å². The number of rotatable bonds is 5. The molecule has 1 aliphatic carbocycles. The zero-order chi connectivity index (χ0) is 23.9. The molecule has 3 aromatic rings. The van der Waals surface area contributed by atoms with Crippen LogP contribution in [0.3, 0.4) is 0 Å². The number of carbonyl (C=O) groups is 1. The lowest BCUT2D eigenvalue weighted by Crippen LogP contribution is -2.47. The number of methoxy groups -OCH3 is 1. The van der Waals surface area contributed by atoms with Gasteiger partial charge in [0.15, 0.2) is 5.82 Å². The van der Waals surface area contributed by atoms with E-state index in [0.29, 0.717) is 35.7 Å². The van der Waals surface area contributed by atoms with Crippen LogP contribution in [-0.2, 0) is 6.18 Å². The second-order valence-corrected chi connectivity index (χ2v) is 8.39. The first-order chi connectivity index (χ1) is 16.3. The Morgan fingerprint density at radius 3 is 2.53 bits per heavy atom. The molecular weight excluding hydrogens is 449 g/mol. The minimum atomic E-state index is -4.46. The number of hydrogen-bond donors (Lipinski definition) is 0. The molecule has 0 unspecified atom stereocenters. The van der Waals surface area contributed by atoms with Gasteiger partial charge >= 0.3 is 6.18 Å². The summed E-state index contributed by atoms with van der Waals surface area (Å²) in [5.74, 6) is 1.18. The number of ether oxygens (including phenoxy) is 2. The lowest BCUT2D eigenvalue weighted by atomic mass is 10.0. The Kier molecular flexibility index (Phi) is 5.59. The lowest BCUT2D eigenvalue weighted by Gasteiger charge is -2.33. The lowest BCUT2D eigenvalue weighted by molar-refractivity contribution is -0.137. The van der Waals surface area contributed by atoms with Crippen LogP contribution in [0, 0.1) is 5.92 Å². The second kappa shape index (κ2) is 8.58. The maximum Gasteiger partial charge on any atom is 0.417 e. The third-order valence-corrected chi connectivity index (χ3v) is 6.29. The van der Waals surface area contributed by atoms with Gasteiger partial charge < -0.3 is 14.4 Å². The van der Waals surface area contributed by atoms with Gasteiger partial charge in [0.2, 0.25) is 5.88 Å². The summed E-state index contributed by atoms with van der Waals surface area (Å²) in [6, 6.07) is 8.81. The molecule has 3 atom stereocenters. The SMILES string of the molecule is COc1ccc(C(=O)N2C[C@H]3C[C@@H](Oc4ccc(C(F)(F)F)cn4)[C@@H]2C3)c(-c2ncccn2)c1. The third kappa shape index (κ3) is 4.15. The molecule has 1 saturated heterocycles. The van der Waals surface area contributed by atoms with Crippen LogP contribution >= 0.6 is 0 Å². The van der Waals surface area contributed by atoms with Crippen molar-refractivity contribution in [3.05, 3.63) is 66.1 Å². The summed E-state index contributed by atoms with van der Waals surface area (Å²) in [5.41, 5.74) is 0.181. The number of hydrogen-bond acceptors (Lipinski definition) is 6. The number of aromatic nitrogens is 3. The van der Waals surface area contributed by atoms with Gasteiger partial charge in [-0.3, -0.25) is 4.79 Å². The van der Waals surface area contributed by atoms with Crippen LogP contribution in [0.1, 0.15) is 28.8 Å². The predicted octanol–water partition coefficient (Wildman–Crippen LogP) is 4.25. The average Bonchev–Trinajstić information content (AvgIpc) is 3.44. The fourth-order valence-electron chi connectivity index (χ4n) is 4.71. The minimum Gasteiger partial charge on any atom is -0.497 e. The number of pyridine rings is 1. The fraction of sp³-hybridized carbons (Fsp3) is 0.333. The van der Waals surface area contributed by atoms with E-state index in [0.717, 1.165) is 18.7 Å². The highest BCUT2D eigenvalue weighted by Gasteiger charge is 2.48. The summed E-state index contributed by atoms with van der Waals surface area (Å²) in [7, 11) is 1.54. The maximum atomic E-state index is 13.6. The molecule has 10 heteroatoms. The molecule has 0 spiro atoms. The quantitative estimate of drug-likeness (QED) is 0.555. The molecule has 34 heavy (non-hydrogen) atoms. The number of amides is 1. The first-order valence-electron chi connectivity index (χ1n) is 10.8. The van der Waals surface area contributed by atoms with Crippen molar-refractivity contribution in [2.45, 2.75) is 31.2 Å². The zero-order valence-electron chi connectivity index (χ0n) is 18.2. The number of nitrogens with zero attached hydrogens (tertiary/aromatic N) is 4. The predicted molar refractivity (Wildman–Crippen MR) is 115 cm³/mol. The van der Waals surface area contributed by atoms with E-state index in [4.69, 9.17) is 9.47 Å². The molecular formula is C24H21F3N4O3. The average molecular weight is 470 g/mol. The van der Waals surface area contributed by atoms with Crippen LogP contribution in [-0.4, -0.2) is 51.6 Å². The molecule has 2 bridgehead atoms. The normalized spacial score (nSPS) is 21.5. The highest BCUT2D eigenvalue weighted by molar-refractivity contribution is 6.00. The van der Waals surface area contributed by atoms with E-state index >= 15 is 0 Å². The maximum absolute atomic E-state index is 13.6. The molecule has 7 nitrogen and oxygen atoms in total.